The highest BCUT2D eigenvalue weighted by atomic mass is 16.5. The van der Waals surface area contributed by atoms with Gasteiger partial charge in [0, 0.05) is 24.7 Å². The molecule has 0 spiro atoms. The van der Waals surface area contributed by atoms with Crippen LogP contribution < -0.4 is 4.74 Å². The Balaban J connectivity index is 1.73. The van der Waals surface area contributed by atoms with Crippen molar-refractivity contribution < 1.29 is 14.3 Å². The van der Waals surface area contributed by atoms with E-state index in [9.17, 15) is 4.79 Å². The number of ether oxygens (including phenoxy) is 2. The summed E-state index contributed by atoms with van der Waals surface area (Å²) in [4.78, 5) is 13.6. The highest BCUT2D eigenvalue weighted by molar-refractivity contribution is 5.94. The number of nitrogens with zero attached hydrogens (tertiary/aromatic N) is 1. The molecule has 1 fully saturated rings. The lowest BCUT2D eigenvalue weighted by atomic mass is 10.1. The van der Waals surface area contributed by atoms with Crippen molar-refractivity contribution in [2.45, 2.75) is 26.3 Å². The number of benzene rings is 1. The van der Waals surface area contributed by atoms with Gasteiger partial charge in [-0.05, 0) is 44.5 Å². The molecule has 1 saturated heterocycles. The molecule has 1 unspecified atom stereocenters. The summed E-state index contributed by atoms with van der Waals surface area (Å²) in [7, 11) is 0. The topological polar surface area (TPSA) is 38.8 Å². The van der Waals surface area contributed by atoms with Crippen LogP contribution in [0.3, 0.4) is 0 Å². The second-order valence-electron chi connectivity index (χ2n) is 5.22. The minimum atomic E-state index is 0.0810. The number of hydrogen-bond acceptors (Lipinski definition) is 4. The monoisotopic (exact) mass is 277 g/mol. The van der Waals surface area contributed by atoms with Crippen LogP contribution in [0.25, 0.3) is 0 Å². The molecule has 0 N–H and O–H groups in total. The van der Waals surface area contributed by atoms with Crippen LogP contribution >= 0.6 is 0 Å². The van der Waals surface area contributed by atoms with Gasteiger partial charge in [0.15, 0.2) is 5.78 Å². The van der Waals surface area contributed by atoms with E-state index in [-0.39, 0.29) is 5.78 Å². The van der Waals surface area contributed by atoms with E-state index in [0.717, 1.165) is 44.0 Å². The van der Waals surface area contributed by atoms with Crippen LogP contribution in [0.2, 0.25) is 0 Å². The summed E-state index contributed by atoms with van der Waals surface area (Å²) < 4.78 is 11.1. The highest BCUT2D eigenvalue weighted by Gasteiger charge is 2.16. The molecule has 4 heteroatoms. The van der Waals surface area contributed by atoms with E-state index in [1.54, 1.807) is 6.92 Å². The van der Waals surface area contributed by atoms with Gasteiger partial charge >= 0.3 is 0 Å². The van der Waals surface area contributed by atoms with Crippen LogP contribution in [0.15, 0.2) is 24.3 Å². The normalized spacial score (nSPS) is 17.7. The van der Waals surface area contributed by atoms with Gasteiger partial charge in [-0.25, -0.2) is 0 Å². The number of morpholine rings is 1. The first kappa shape index (κ1) is 15.0. The van der Waals surface area contributed by atoms with Crippen molar-refractivity contribution in [2.24, 2.45) is 0 Å². The lowest BCUT2D eigenvalue weighted by Gasteiger charge is -2.32. The Morgan fingerprint density at radius 1 is 1.30 bits per heavy atom. The fraction of sp³-hybridized carbons (Fsp3) is 0.562. The van der Waals surface area contributed by atoms with E-state index in [1.165, 1.54) is 0 Å². The van der Waals surface area contributed by atoms with Gasteiger partial charge in [0.25, 0.3) is 0 Å². The maximum atomic E-state index is 11.2. The molecule has 0 aliphatic carbocycles. The van der Waals surface area contributed by atoms with Gasteiger partial charge in [-0.15, -0.1) is 0 Å². The Hall–Kier alpha value is -1.39. The predicted octanol–water partition coefficient (Wildman–Crippen LogP) is 2.38. The summed E-state index contributed by atoms with van der Waals surface area (Å²) in [5.74, 6) is 0.904. The maximum Gasteiger partial charge on any atom is 0.159 e. The molecule has 0 saturated carbocycles. The zero-order valence-corrected chi connectivity index (χ0v) is 12.3. The van der Waals surface area contributed by atoms with E-state index in [2.05, 4.69) is 11.8 Å². The number of rotatable bonds is 6. The van der Waals surface area contributed by atoms with E-state index >= 15 is 0 Å². The van der Waals surface area contributed by atoms with Crippen molar-refractivity contribution in [3.05, 3.63) is 29.8 Å². The maximum absolute atomic E-state index is 11.2. The summed E-state index contributed by atoms with van der Waals surface area (Å²) in [5.41, 5.74) is 0.721. The quantitative estimate of drug-likeness (QED) is 0.748. The molecule has 0 aromatic heterocycles. The minimum Gasteiger partial charge on any atom is -0.494 e. The molecule has 4 nitrogen and oxygen atoms in total. The molecule has 1 aliphatic heterocycles. The third kappa shape index (κ3) is 4.32. The largest absolute Gasteiger partial charge is 0.494 e. The smallest absolute Gasteiger partial charge is 0.159 e. The molecule has 1 heterocycles. The SMILES string of the molecule is CC(=O)c1ccc(OCCC(C)N2CCOCC2)cc1. The number of ketones is 1. The zero-order valence-electron chi connectivity index (χ0n) is 12.3. The predicted molar refractivity (Wildman–Crippen MR) is 78.4 cm³/mol. The Bertz CT molecular complexity index is 424. The van der Waals surface area contributed by atoms with Crippen molar-refractivity contribution in [2.75, 3.05) is 32.9 Å². The van der Waals surface area contributed by atoms with Crippen LogP contribution in [0.1, 0.15) is 30.6 Å². The lowest BCUT2D eigenvalue weighted by molar-refractivity contribution is 0.0161. The van der Waals surface area contributed by atoms with Crippen LogP contribution in [-0.2, 0) is 4.74 Å². The molecule has 1 aliphatic rings. The fourth-order valence-corrected chi connectivity index (χ4v) is 2.33. The Labute approximate surface area is 120 Å². The fourth-order valence-electron chi connectivity index (χ4n) is 2.33. The molecule has 1 aromatic carbocycles. The van der Waals surface area contributed by atoms with E-state index in [4.69, 9.17) is 9.47 Å². The van der Waals surface area contributed by atoms with Crippen molar-refractivity contribution in [1.82, 2.24) is 4.90 Å². The number of hydrogen-bond donors (Lipinski definition) is 0. The Kier molecular flexibility index (Phi) is 5.56. The van der Waals surface area contributed by atoms with Crippen molar-refractivity contribution in [1.29, 1.82) is 0 Å². The highest BCUT2D eigenvalue weighted by Crippen LogP contribution is 2.14. The molecule has 2 rings (SSSR count). The van der Waals surface area contributed by atoms with Crippen LogP contribution in [0, 0.1) is 0 Å². The summed E-state index contributed by atoms with van der Waals surface area (Å²) >= 11 is 0. The molecule has 20 heavy (non-hydrogen) atoms. The Morgan fingerprint density at radius 2 is 1.95 bits per heavy atom. The first-order valence-corrected chi connectivity index (χ1v) is 7.22. The molecule has 0 amide bonds. The minimum absolute atomic E-state index is 0.0810. The molecular formula is C16H23NO3. The summed E-state index contributed by atoms with van der Waals surface area (Å²) in [6.07, 6.45) is 0.995. The van der Waals surface area contributed by atoms with Crippen LogP contribution in [0.5, 0.6) is 5.75 Å². The van der Waals surface area contributed by atoms with Crippen molar-refractivity contribution in [3.63, 3.8) is 0 Å². The first-order chi connectivity index (χ1) is 9.66. The van der Waals surface area contributed by atoms with Gasteiger partial charge in [-0.1, -0.05) is 0 Å². The molecular weight excluding hydrogens is 254 g/mol. The first-order valence-electron chi connectivity index (χ1n) is 7.22. The molecule has 0 radical (unpaired) electrons. The van der Waals surface area contributed by atoms with Crippen LogP contribution in [0.4, 0.5) is 0 Å². The molecule has 110 valence electrons. The Morgan fingerprint density at radius 3 is 2.55 bits per heavy atom. The van der Waals surface area contributed by atoms with Gasteiger partial charge in [-0.2, -0.15) is 0 Å². The number of carbonyl (C=O) groups is 1. The van der Waals surface area contributed by atoms with Gasteiger partial charge in [-0.3, -0.25) is 9.69 Å². The van der Waals surface area contributed by atoms with Crippen LogP contribution in [-0.4, -0.2) is 49.6 Å². The van der Waals surface area contributed by atoms with Gasteiger partial charge in [0.05, 0.1) is 19.8 Å². The van der Waals surface area contributed by atoms with Gasteiger partial charge in [0.2, 0.25) is 0 Å². The average molecular weight is 277 g/mol. The second kappa shape index (κ2) is 7.41. The van der Waals surface area contributed by atoms with Crippen molar-refractivity contribution in [3.8, 4) is 5.75 Å². The average Bonchev–Trinajstić information content (AvgIpc) is 2.48. The third-order valence-electron chi connectivity index (χ3n) is 3.73. The summed E-state index contributed by atoms with van der Waals surface area (Å²) in [5, 5.41) is 0. The van der Waals surface area contributed by atoms with Gasteiger partial charge < -0.3 is 9.47 Å². The van der Waals surface area contributed by atoms with E-state index in [0.29, 0.717) is 12.6 Å². The number of Topliss-reactive ketones (excluding diaryl/α,β-unsaturated/α-hetero) is 1. The van der Waals surface area contributed by atoms with E-state index < -0.39 is 0 Å². The zero-order chi connectivity index (χ0) is 14.4. The summed E-state index contributed by atoms with van der Waals surface area (Å²) in [6.45, 7) is 8.17. The molecule has 1 atom stereocenters. The second-order valence-corrected chi connectivity index (χ2v) is 5.22. The van der Waals surface area contributed by atoms with Crippen molar-refractivity contribution >= 4 is 5.78 Å². The van der Waals surface area contributed by atoms with E-state index in [1.807, 2.05) is 24.3 Å². The lowest BCUT2D eigenvalue weighted by Crippen LogP contribution is -2.42. The molecule has 0 bridgehead atoms. The standard InChI is InChI=1S/C16H23NO3/c1-13(17-8-11-19-12-9-17)7-10-20-16-5-3-15(4-6-16)14(2)18/h3-6,13H,7-12H2,1-2H3. The molecule has 1 aromatic rings. The summed E-state index contributed by atoms with van der Waals surface area (Å²) in [6, 6.07) is 7.84. The third-order valence-corrected chi connectivity index (χ3v) is 3.73. The van der Waals surface area contributed by atoms with Gasteiger partial charge in [0.1, 0.15) is 5.75 Å². The number of carbonyl (C=O) groups excluding carboxylic acids is 1.